The molecule has 0 aliphatic heterocycles. The van der Waals surface area contributed by atoms with Crippen LogP contribution in [0.2, 0.25) is 0 Å². The van der Waals surface area contributed by atoms with Crippen molar-refractivity contribution in [3.63, 3.8) is 0 Å². The molecule has 4 saturated carbocycles. The summed E-state index contributed by atoms with van der Waals surface area (Å²) in [5.41, 5.74) is 0.370. The molecule has 6 nitrogen and oxygen atoms in total. The first kappa shape index (κ1) is 13.2. The highest BCUT2D eigenvalue weighted by Crippen LogP contribution is 2.55. The van der Waals surface area contributed by atoms with Crippen LogP contribution in [0.1, 0.15) is 49.0 Å². The van der Waals surface area contributed by atoms with E-state index < -0.39 is 5.97 Å². The standard InChI is InChI=1S/C15H22N4O2/c20-14(21)13-9-19(18-17-13)2-1-16-15-6-10-3-11(7-15)5-12(4-10)8-15/h9-12,16H,1-8H2,(H,20,21). The van der Waals surface area contributed by atoms with Crippen LogP contribution in [0.4, 0.5) is 0 Å². The second-order valence-electron chi connectivity index (χ2n) is 7.30. The third-order valence-electron chi connectivity index (χ3n) is 5.64. The van der Waals surface area contributed by atoms with E-state index in [4.69, 9.17) is 5.11 Å². The molecule has 0 aromatic carbocycles. The van der Waals surface area contributed by atoms with Crippen molar-refractivity contribution in [2.24, 2.45) is 17.8 Å². The molecule has 2 N–H and O–H groups in total. The normalized spacial score (nSPS) is 37.0. The van der Waals surface area contributed by atoms with Crippen LogP contribution in [0, 0.1) is 17.8 Å². The maximum atomic E-state index is 10.8. The molecular weight excluding hydrogens is 268 g/mol. The zero-order chi connectivity index (χ0) is 14.4. The fourth-order valence-corrected chi connectivity index (χ4v) is 5.27. The smallest absolute Gasteiger partial charge is 0.358 e. The Labute approximate surface area is 123 Å². The highest BCUT2D eigenvalue weighted by molar-refractivity contribution is 5.84. The fraction of sp³-hybridized carbons (Fsp3) is 0.800. The van der Waals surface area contributed by atoms with Crippen molar-refractivity contribution in [2.45, 2.75) is 50.6 Å². The van der Waals surface area contributed by atoms with Crippen LogP contribution in [-0.4, -0.2) is 38.2 Å². The number of aromatic carboxylic acids is 1. The van der Waals surface area contributed by atoms with E-state index >= 15 is 0 Å². The summed E-state index contributed by atoms with van der Waals surface area (Å²) in [6.45, 7) is 1.52. The lowest BCUT2D eigenvalue weighted by Gasteiger charge is -2.57. The quantitative estimate of drug-likeness (QED) is 0.859. The Bertz CT molecular complexity index is 518. The van der Waals surface area contributed by atoms with Gasteiger partial charge in [0, 0.05) is 12.1 Å². The lowest BCUT2D eigenvalue weighted by atomic mass is 9.53. The molecule has 6 heteroatoms. The van der Waals surface area contributed by atoms with Crippen LogP contribution in [-0.2, 0) is 6.54 Å². The topological polar surface area (TPSA) is 80.0 Å². The first-order valence-corrected chi connectivity index (χ1v) is 8.00. The monoisotopic (exact) mass is 290 g/mol. The van der Waals surface area contributed by atoms with Crippen molar-refractivity contribution in [2.75, 3.05) is 6.54 Å². The Balaban J connectivity index is 1.35. The molecule has 0 atom stereocenters. The molecule has 0 unspecified atom stereocenters. The molecule has 4 aliphatic rings. The molecule has 114 valence electrons. The summed E-state index contributed by atoms with van der Waals surface area (Å²) in [5.74, 6) is 1.80. The molecule has 1 heterocycles. The Morgan fingerprint density at radius 3 is 2.43 bits per heavy atom. The van der Waals surface area contributed by atoms with Crippen molar-refractivity contribution in [3.05, 3.63) is 11.9 Å². The summed E-state index contributed by atoms with van der Waals surface area (Å²) in [5, 5.41) is 20.1. The Hall–Kier alpha value is -1.43. The molecule has 0 amide bonds. The molecule has 5 rings (SSSR count). The van der Waals surface area contributed by atoms with Gasteiger partial charge in [-0.05, 0) is 56.3 Å². The molecule has 4 fully saturated rings. The van der Waals surface area contributed by atoms with E-state index in [0.29, 0.717) is 12.1 Å². The Kier molecular flexibility index (Phi) is 3.03. The van der Waals surface area contributed by atoms with E-state index in [1.807, 2.05) is 0 Å². The van der Waals surface area contributed by atoms with E-state index in [2.05, 4.69) is 15.6 Å². The third kappa shape index (κ3) is 2.46. The molecule has 0 spiro atoms. The number of rotatable bonds is 5. The lowest BCUT2D eigenvalue weighted by molar-refractivity contribution is -0.0199. The summed E-state index contributed by atoms with van der Waals surface area (Å²) >= 11 is 0. The number of carboxylic acids is 1. The van der Waals surface area contributed by atoms with E-state index in [9.17, 15) is 4.79 Å². The summed E-state index contributed by atoms with van der Waals surface area (Å²) in [7, 11) is 0. The lowest BCUT2D eigenvalue weighted by Crippen LogP contribution is -2.58. The number of hydrogen-bond donors (Lipinski definition) is 2. The van der Waals surface area contributed by atoms with Crippen molar-refractivity contribution >= 4 is 5.97 Å². The molecule has 1 aromatic rings. The predicted molar refractivity (Wildman–Crippen MR) is 75.9 cm³/mol. The summed E-state index contributed by atoms with van der Waals surface area (Å²) in [6.07, 6.45) is 9.85. The minimum absolute atomic E-state index is 0.0183. The minimum atomic E-state index is -1.02. The Morgan fingerprint density at radius 2 is 1.90 bits per heavy atom. The van der Waals surface area contributed by atoms with Gasteiger partial charge in [-0.15, -0.1) is 5.10 Å². The second kappa shape index (κ2) is 4.80. The van der Waals surface area contributed by atoms with Gasteiger partial charge in [0.25, 0.3) is 0 Å². The summed E-state index contributed by atoms with van der Waals surface area (Å²) in [6, 6.07) is 0. The fourth-order valence-electron chi connectivity index (χ4n) is 5.27. The number of nitrogens with one attached hydrogen (secondary N) is 1. The van der Waals surface area contributed by atoms with Crippen LogP contribution >= 0.6 is 0 Å². The largest absolute Gasteiger partial charge is 0.476 e. The van der Waals surface area contributed by atoms with Gasteiger partial charge in [-0.25, -0.2) is 4.79 Å². The minimum Gasteiger partial charge on any atom is -0.476 e. The molecule has 0 saturated heterocycles. The van der Waals surface area contributed by atoms with Gasteiger partial charge in [-0.3, -0.25) is 4.68 Å². The Morgan fingerprint density at radius 1 is 1.29 bits per heavy atom. The van der Waals surface area contributed by atoms with Gasteiger partial charge in [0.1, 0.15) is 0 Å². The first-order valence-electron chi connectivity index (χ1n) is 8.00. The van der Waals surface area contributed by atoms with Gasteiger partial charge >= 0.3 is 5.97 Å². The van der Waals surface area contributed by atoms with Gasteiger partial charge in [-0.1, -0.05) is 5.21 Å². The van der Waals surface area contributed by atoms with Crippen molar-refractivity contribution in [1.29, 1.82) is 0 Å². The predicted octanol–water partition coefficient (Wildman–Crippen LogP) is 1.53. The van der Waals surface area contributed by atoms with Crippen molar-refractivity contribution < 1.29 is 9.90 Å². The van der Waals surface area contributed by atoms with E-state index in [-0.39, 0.29) is 5.69 Å². The molecule has 4 bridgehead atoms. The highest BCUT2D eigenvalue weighted by Gasteiger charge is 2.50. The zero-order valence-electron chi connectivity index (χ0n) is 12.2. The number of nitrogens with zero attached hydrogens (tertiary/aromatic N) is 3. The van der Waals surface area contributed by atoms with Gasteiger partial charge < -0.3 is 10.4 Å². The van der Waals surface area contributed by atoms with E-state index in [0.717, 1.165) is 24.3 Å². The molecule has 4 aliphatic carbocycles. The van der Waals surface area contributed by atoms with Gasteiger partial charge in [0.15, 0.2) is 5.69 Å². The number of carboxylic acid groups (broad SMARTS) is 1. The van der Waals surface area contributed by atoms with Crippen LogP contribution in [0.5, 0.6) is 0 Å². The maximum Gasteiger partial charge on any atom is 0.358 e. The van der Waals surface area contributed by atoms with Crippen molar-refractivity contribution in [1.82, 2.24) is 20.3 Å². The van der Waals surface area contributed by atoms with Crippen LogP contribution in [0.25, 0.3) is 0 Å². The number of carbonyl (C=O) groups is 1. The molecule has 0 radical (unpaired) electrons. The van der Waals surface area contributed by atoms with Crippen LogP contribution in [0.15, 0.2) is 6.20 Å². The third-order valence-corrected chi connectivity index (χ3v) is 5.64. The zero-order valence-corrected chi connectivity index (χ0v) is 12.2. The van der Waals surface area contributed by atoms with Gasteiger partial charge in [-0.2, -0.15) is 0 Å². The molecular formula is C15H22N4O2. The second-order valence-corrected chi connectivity index (χ2v) is 7.30. The van der Waals surface area contributed by atoms with Crippen molar-refractivity contribution in [3.8, 4) is 0 Å². The highest BCUT2D eigenvalue weighted by atomic mass is 16.4. The van der Waals surface area contributed by atoms with Gasteiger partial charge in [0.05, 0.1) is 12.7 Å². The van der Waals surface area contributed by atoms with Crippen LogP contribution < -0.4 is 5.32 Å². The van der Waals surface area contributed by atoms with E-state index in [1.165, 1.54) is 44.7 Å². The average Bonchev–Trinajstić information content (AvgIpc) is 2.85. The maximum absolute atomic E-state index is 10.8. The first-order chi connectivity index (χ1) is 10.1. The van der Waals surface area contributed by atoms with E-state index in [1.54, 1.807) is 4.68 Å². The average molecular weight is 290 g/mol. The van der Waals surface area contributed by atoms with Crippen LogP contribution in [0.3, 0.4) is 0 Å². The SMILES string of the molecule is O=C(O)c1cn(CCNC23CC4CC(CC(C4)C2)C3)nn1. The van der Waals surface area contributed by atoms with Gasteiger partial charge in [0.2, 0.25) is 0 Å². The summed E-state index contributed by atoms with van der Waals surface area (Å²) in [4.78, 5) is 10.8. The summed E-state index contributed by atoms with van der Waals surface area (Å²) < 4.78 is 1.62. The number of hydrogen-bond acceptors (Lipinski definition) is 4. The molecule has 1 aromatic heterocycles. The number of aromatic nitrogens is 3. The molecule has 21 heavy (non-hydrogen) atoms.